The molecule has 0 aliphatic carbocycles. The van der Waals surface area contributed by atoms with Gasteiger partial charge in [-0.1, -0.05) is 18.2 Å². The average molecular weight is 343 g/mol. The van der Waals surface area contributed by atoms with Gasteiger partial charge in [-0.05, 0) is 50.4 Å². The first-order valence-corrected chi connectivity index (χ1v) is 9.68. The summed E-state index contributed by atoms with van der Waals surface area (Å²) in [5.74, 6) is 0.182. The maximum Gasteiger partial charge on any atom is 0.224 e. The molecule has 25 heavy (non-hydrogen) atoms. The van der Waals surface area contributed by atoms with Crippen molar-refractivity contribution in [1.29, 1.82) is 0 Å². The van der Waals surface area contributed by atoms with Crippen molar-refractivity contribution in [2.24, 2.45) is 0 Å². The van der Waals surface area contributed by atoms with E-state index in [0.717, 1.165) is 39.1 Å². The van der Waals surface area contributed by atoms with Crippen molar-refractivity contribution >= 4 is 11.6 Å². The van der Waals surface area contributed by atoms with E-state index in [2.05, 4.69) is 34.1 Å². The summed E-state index contributed by atoms with van der Waals surface area (Å²) >= 11 is 0. The monoisotopic (exact) mass is 343 g/mol. The third-order valence-corrected chi connectivity index (χ3v) is 5.98. The van der Waals surface area contributed by atoms with Crippen LogP contribution in [0, 0.1) is 0 Å². The third-order valence-electron chi connectivity index (χ3n) is 5.98. The van der Waals surface area contributed by atoms with Gasteiger partial charge < -0.3 is 19.8 Å². The lowest BCUT2D eigenvalue weighted by Gasteiger charge is -2.28. The first-order chi connectivity index (χ1) is 12.1. The minimum absolute atomic E-state index is 0.182. The van der Waals surface area contributed by atoms with Gasteiger partial charge in [0.2, 0.25) is 5.91 Å². The number of carbonyl (C=O) groups is 1. The zero-order valence-electron chi connectivity index (χ0n) is 15.0. The summed E-state index contributed by atoms with van der Waals surface area (Å²) in [6.45, 7) is 5.87. The summed E-state index contributed by atoms with van der Waals surface area (Å²) in [6, 6.07) is 8.48. The second kappa shape index (κ2) is 6.96. The fourth-order valence-electron chi connectivity index (χ4n) is 4.58. The Morgan fingerprint density at radius 1 is 1.12 bits per heavy atom. The first-order valence-electron chi connectivity index (χ1n) is 9.68. The van der Waals surface area contributed by atoms with Crippen molar-refractivity contribution in [2.45, 2.75) is 37.7 Å². The highest BCUT2D eigenvalue weighted by atomic mass is 16.3. The molecule has 5 nitrogen and oxygen atoms in total. The van der Waals surface area contributed by atoms with Gasteiger partial charge in [0.05, 0.1) is 12.1 Å². The fraction of sp³-hybridized carbons (Fsp3) is 0.650. The molecule has 0 aromatic heterocycles. The van der Waals surface area contributed by atoms with Crippen molar-refractivity contribution in [3.8, 4) is 0 Å². The molecule has 0 saturated carbocycles. The van der Waals surface area contributed by atoms with E-state index in [1.54, 1.807) is 0 Å². The van der Waals surface area contributed by atoms with Gasteiger partial charge in [0.25, 0.3) is 0 Å². The quantitative estimate of drug-likeness (QED) is 0.880. The highest BCUT2D eigenvalue weighted by Crippen LogP contribution is 2.28. The molecule has 0 unspecified atom stereocenters. The SMILES string of the molecule is O=C(CCN1CCc2ccccc21)N1CC[C@](O)(CN2CCCC2)C1. The van der Waals surface area contributed by atoms with E-state index < -0.39 is 5.60 Å². The van der Waals surface area contributed by atoms with Crippen LogP contribution in [0.25, 0.3) is 0 Å². The molecule has 4 rings (SSSR count). The van der Waals surface area contributed by atoms with Gasteiger partial charge in [0, 0.05) is 38.3 Å². The number of aliphatic hydroxyl groups is 1. The molecule has 3 aliphatic heterocycles. The van der Waals surface area contributed by atoms with Crippen LogP contribution >= 0.6 is 0 Å². The normalized spacial score (nSPS) is 26.4. The van der Waals surface area contributed by atoms with E-state index in [1.807, 2.05) is 4.90 Å². The largest absolute Gasteiger partial charge is 0.387 e. The maximum atomic E-state index is 12.6. The zero-order chi connectivity index (χ0) is 17.3. The number of nitrogens with zero attached hydrogens (tertiary/aromatic N) is 3. The van der Waals surface area contributed by atoms with E-state index in [4.69, 9.17) is 0 Å². The highest BCUT2D eigenvalue weighted by Gasteiger charge is 2.39. The van der Waals surface area contributed by atoms with Crippen LogP contribution in [0.15, 0.2) is 24.3 Å². The number of para-hydroxylation sites is 1. The molecule has 136 valence electrons. The predicted molar refractivity (Wildman–Crippen MR) is 98.8 cm³/mol. The van der Waals surface area contributed by atoms with Gasteiger partial charge in [-0.15, -0.1) is 0 Å². The number of rotatable bonds is 5. The Balaban J connectivity index is 1.28. The van der Waals surface area contributed by atoms with Crippen LogP contribution in [0.4, 0.5) is 5.69 Å². The van der Waals surface area contributed by atoms with Crippen LogP contribution in [0.1, 0.15) is 31.2 Å². The zero-order valence-corrected chi connectivity index (χ0v) is 15.0. The molecule has 2 fully saturated rings. The highest BCUT2D eigenvalue weighted by molar-refractivity contribution is 5.77. The van der Waals surface area contributed by atoms with Crippen molar-refractivity contribution in [2.75, 3.05) is 50.7 Å². The molecule has 1 N–H and O–H groups in total. The second-order valence-electron chi connectivity index (χ2n) is 7.89. The van der Waals surface area contributed by atoms with E-state index in [-0.39, 0.29) is 5.91 Å². The Morgan fingerprint density at radius 3 is 2.76 bits per heavy atom. The van der Waals surface area contributed by atoms with Gasteiger partial charge in [-0.3, -0.25) is 4.79 Å². The van der Waals surface area contributed by atoms with Crippen molar-refractivity contribution in [3.63, 3.8) is 0 Å². The molecule has 1 aromatic rings. The van der Waals surface area contributed by atoms with Crippen LogP contribution in [-0.4, -0.2) is 72.2 Å². The van der Waals surface area contributed by atoms with Crippen LogP contribution in [0.2, 0.25) is 0 Å². The number of benzene rings is 1. The lowest BCUT2D eigenvalue weighted by atomic mass is 10.0. The molecule has 1 amide bonds. The molecular formula is C20H29N3O2. The number of hydrogen-bond donors (Lipinski definition) is 1. The molecular weight excluding hydrogens is 314 g/mol. The Bertz CT molecular complexity index is 629. The summed E-state index contributed by atoms with van der Waals surface area (Å²) in [4.78, 5) is 19.1. The summed E-state index contributed by atoms with van der Waals surface area (Å²) < 4.78 is 0. The summed E-state index contributed by atoms with van der Waals surface area (Å²) in [5, 5.41) is 10.8. The summed E-state index contributed by atoms with van der Waals surface area (Å²) in [6.07, 6.45) is 4.78. The minimum Gasteiger partial charge on any atom is -0.387 e. The second-order valence-corrected chi connectivity index (χ2v) is 7.89. The lowest BCUT2D eigenvalue weighted by molar-refractivity contribution is -0.131. The average Bonchev–Trinajstić information content (AvgIpc) is 3.33. The van der Waals surface area contributed by atoms with Crippen LogP contribution in [0.3, 0.4) is 0 Å². The molecule has 1 atom stereocenters. The maximum absolute atomic E-state index is 12.6. The van der Waals surface area contributed by atoms with Gasteiger partial charge in [0.1, 0.15) is 0 Å². The number of carbonyl (C=O) groups excluding carboxylic acids is 1. The first kappa shape index (κ1) is 16.9. The van der Waals surface area contributed by atoms with Gasteiger partial charge >= 0.3 is 0 Å². The molecule has 1 aromatic carbocycles. The number of β-amino-alcohol motifs (C(OH)–C–C–N with tert-alkyl or cyclic N) is 1. The van der Waals surface area contributed by atoms with E-state index in [9.17, 15) is 9.90 Å². The standard InChI is InChI=1S/C20H29N3O2/c24-19(8-13-22-12-7-17-5-1-2-6-18(17)22)23-14-9-20(25,16-23)15-21-10-3-4-11-21/h1-2,5-6,25H,3-4,7-16H2/t20-/m0/s1. The van der Waals surface area contributed by atoms with Gasteiger partial charge in [0.15, 0.2) is 0 Å². The number of likely N-dealkylation sites (tertiary alicyclic amines) is 2. The van der Waals surface area contributed by atoms with Crippen molar-refractivity contribution in [1.82, 2.24) is 9.80 Å². The Labute approximate surface area is 150 Å². The number of amides is 1. The van der Waals surface area contributed by atoms with E-state index in [1.165, 1.54) is 24.1 Å². The van der Waals surface area contributed by atoms with E-state index in [0.29, 0.717) is 25.9 Å². The van der Waals surface area contributed by atoms with Gasteiger partial charge in [-0.2, -0.15) is 0 Å². The third kappa shape index (κ3) is 3.67. The van der Waals surface area contributed by atoms with E-state index >= 15 is 0 Å². The molecule has 3 heterocycles. The molecule has 5 heteroatoms. The molecule has 0 bridgehead atoms. The molecule has 0 spiro atoms. The van der Waals surface area contributed by atoms with Crippen LogP contribution in [0.5, 0.6) is 0 Å². The van der Waals surface area contributed by atoms with Crippen LogP contribution < -0.4 is 4.90 Å². The summed E-state index contributed by atoms with van der Waals surface area (Å²) in [7, 11) is 0. The number of hydrogen-bond acceptors (Lipinski definition) is 4. The lowest BCUT2D eigenvalue weighted by Crippen LogP contribution is -2.45. The number of anilines is 1. The Morgan fingerprint density at radius 2 is 1.92 bits per heavy atom. The predicted octanol–water partition coefficient (Wildman–Crippen LogP) is 1.50. The smallest absolute Gasteiger partial charge is 0.224 e. The minimum atomic E-state index is -0.708. The molecule has 0 radical (unpaired) electrons. The summed E-state index contributed by atoms with van der Waals surface area (Å²) in [5.41, 5.74) is 1.96. The Hall–Kier alpha value is -1.59. The van der Waals surface area contributed by atoms with Crippen molar-refractivity contribution in [3.05, 3.63) is 29.8 Å². The fourth-order valence-corrected chi connectivity index (χ4v) is 4.58. The van der Waals surface area contributed by atoms with Crippen LogP contribution in [-0.2, 0) is 11.2 Å². The van der Waals surface area contributed by atoms with Gasteiger partial charge in [-0.25, -0.2) is 0 Å². The molecule has 2 saturated heterocycles. The van der Waals surface area contributed by atoms with Crippen molar-refractivity contribution < 1.29 is 9.90 Å². The topological polar surface area (TPSA) is 47.0 Å². The Kier molecular flexibility index (Phi) is 4.69. The molecule has 3 aliphatic rings. The number of fused-ring (bicyclic) bond motifs is 1.